The van der Waals surface area contributed by atoms with Gasteiger partial charge in [-0.15, -0.1) is 0 Å². The molecular formula is C19H14ClN3O2. The second-order valence-electron chi connectivity index (χ2n) is 6.60. The van der Waals surface area contributed by atoms with Crippen LogP contribution in [0.2, 0.25) is 5.02 Å². The highest BCUT2D eigenvalue weighted by Crippen LogP contribution is 2.41. The highest BCUT2D eigenvalue weighted by Gasteiger charge is 2.35. The highest BCUT2D eigenvalue weighted by atomic mass is 35.5. The molecule has 1 aromatic carbocycles. The molecule has 0 spiro atoms. The van der Waals surface area contributed by atoms with E-state index in [1.165, 1.54) is 23.3 Å². The molecule has 2 aromatic heterocycles. The summed E-state index contributed by atoms with van der Waals surface area (Å²) >= 11 is 6.36. The van der Waals surface area contributed by atoms with Crippen molar-refractivity contribution in [3.05, 3.63) is 70.1 Å². The van der Waals surface area contributed by atoms with Crippen LogP contribution in [0.25, 0.3) is 5.65 Å². The van der Waals surface area contributed by atoms with Crippen LogP contribution < -0.4 is 0 Å². The number of amides is 2. The van der Waals surface area contributed by atoms with Crippen LogP contribution in [-0.4, -0.2) is 26.1 Å². The molecule has 0 N–H and O–H groups in total. The van der Waals surface area contributed by atoms with Crippen molar-refractivity contribution in [3.63, 3.8) is 0 Å². The Morgan fingerprint density at radius 1 is 1.08 bits per heavy atom. The van der Waals surface area contributed by atoms with Gasteiger partial charge in [0, 0.05) is 12.4 Å². The zero-order valence-electron chi connectivity index (χ0n) is 13.3. The third-order valence-electron chi connectivity index (χ3n) is 4.82. The molecule has 5 rings (SSSR count). The third kappa shape index (κ3) is 2.27. The van der Waals surface area contributed by atoms with Gasteiger partial charge in [-0.05, 0) is 42.5 Å². The van der Waals surface area contributed by atoms with E-state index < -0.39 is 0 Å². The molecule has 1 aliphatic heterocycles. The van der Waals surface area contributed by atoms with Crippen molar-refractivity contribution in [3.8, 4) is 0 Å². The first-order valence-electron chi connectivity index (χ1n) is 8.24. The molecule has 0 bridgehead atoms. The van der Waals surface area contributed by atoms with Crippen LogP contribution in [0.1, 0.15) is 50.7 Å². The van der Waals surface area contributed by atoms with E-state index in [9.17, 15) is 9.59 Å². The minimum absolute atomic E-state index is 0.142. The molecule has 0 unspecified atom stereocenters. The monoisotopic (exact) mass is 351 g/mol. The molecule has 6 heteroatoms. The molecule has 3 heterocycles. The second kappa shape index (κ2) is 5.17. The number of imidazole rings is 1. The van der Waals surface area contributed by atoms with E-state index in [-0.39, 0.29) is 18.4 Å². The van der Waals surface area contributed by atoms with Crippen LogP contribution >= 0.6 is 11.6 Å². The SMILES string of the molecule is O=C1c2ccccc2C(=O)N1Cc1cn2cc(C3CC3)cc(Cl)c2n1. The molecule has 2 amide bonds. The number of imide groups is 1. The largest absolute Gasteiger partial charge is 0.305 e. The van der Waals surface area contributed by atoms with E-state index in [2.05, 4.69) is 4.98 Å². The molecule has 1 fully saturated rings. The summed E-state index contributed by atoms with van der Waals surface area (Å²) in [5.41, 5.74) is 3.40. The fourth-order valence-electron chi connectivity index (χ4n) is 3.39. The molecule has 2 aliphatic rings. The quantitative estimate of drug-likeness (QED) is 0.677. The molecule has 124 valence electrons. The molecule has 0 radical (unpaired) electrons. The topological polar surface area (TPSA) is 54.7 Å². The van der Waals surface area contributed by atoms with Crippen molar-refractivity contribution in [1.82, 2.24) is 14.3 Å². The number of fused-ring (bicyclic) bond motifs is 2. The first kappa shape index (κ1) is 14.7. The summed E-state index contributed by atoms with van der Waals surface area (Å²) in [6, 6.07) is 8.85. The number of carbonyl (C=O) groups excluding carboxylic acids is 2. The third-order valence-corrected chi connectivity index (χ3v) is 5.10. The zero-order valence-corrected chi connectivity index (χ0v) is 14.0. The van der Waals surface area contributed by atoms with Crippen molar-refractivity contribution in [1.29, 1.82) is 0 Å². The van der Waals surface area contributed by atoms with Crippen LogP contribution in [0.4, 0.5) is 0 Å². The van der Waals surface area contributed by atoms with Gasteiger partial charge in [0.1, 0.15) is 0 Å². The van der Waals surface area contributed by atoms with Crippen LogP contribution in [0.5, 0.6) is 0 Å². The lowest BCUT2D eigenvalue weighted by Crippen LogP contribution is -2.29. The van der Waals surface area contributed by atoms with Gasteiger partial charge in [-0.1, -0.05) is 23.7 Å². The molecule has 0 atom stereocenters. The van der Waals surface area contributed by atoms with Gasteiger partial charge in [0.05, 0.1) is 28.4 Å². The van der Waals surface area contributed by atoms with Gasteiger partial charge in [-0.2, -0.15) is 0 Å². The first-order valence-corrected chi connectivity index (χ1v) is 8.62. The summed E-state index contributed by atoms with van der Waals surface area (Å²) in [5, 5.41) is 0.595. The number of hydrogen-bond donors (Lipinski definition) is 0. The predicted molar refractivity (Wildman–Crippen MR) is 92.8 cm³/mol. The lowest BCUT2D eigenvalue weighted by Gasteiger charge is -2.11. The van der Waals surface area contributed by atoms with Crippen molar-refractivity contribution in [2.75, 3.05) is 0 Å². The van der Waals surface area contributed by atoms with Crippen LogP contribution in [0, 0.1) is 0 Å². The molecule has 0 saturated heterocycles. The lowest BCUT2D eigenvalue weighted by atomic mass is 10.1. The van der Waals surface area contributed by atoms with Gasteiger partial charge < -0.3 is 4.40 Å². The lowest BCUT2D eigenvalue weighted by molar-refractivity contribution is 0.0640. The Hall–Kier alpha value is -2.66. The Balaban J connectivity index is 1.50. The van der Waals surface area contributed by atoms with E-state index in [1.807, 2.05) is 22.9 Å². The smallest absolute Gasteiger partial charge is 0.261 e. The van der Waals surface area contributed by atoms with Gasteiger partial charge in [-0.25, -0.2) is 4.98 Å². The fourth-order valence-corrected chi connectivity index (χ4v) is 3.65. The van der Waals surface area contributed by atoms with Gasteiger partial charge in [0.25, 0.3) is 11.8 Å². The highest BCUT2D eigenvalue weighted by molar-refractivity contribution is 6.33. The average molecular weight is 352 g/mol. The number of nitrogens with zero attached hydrogens (tertiary/aromatic N) is 3. The maximum atomic E-state index is 12.5. The molecular weight excluding hydrogens is 338 g/mol. The van der Waals surface area contributed by atoms with E-state index in [4.69, 9.17) is 11.6 Å². The molecule has 3 aromatic rings. The average Bonchev–Trinajstić information content (AvgIpc) is 3.34. The summed E-state index contributed by atoms with van der Waals surface area (Å²) in [4.78, 5) is 30.7. The van der Waals surface area contributed by atoms with E-state index >= 15 is 0 Å². The number of aromatic nitrogens is 2. The zero-order chi connectivity index (χ0) is 17.1. The number of hydrogen-bond acceptors (Lipinski definition) is 3. The summed E-state index contributed by atoms with van der Waals surface area (Å²) < 4.78 is 1.89. The number of halogens is 1. The minimum atomic E-state index is -0.276. The number of carbonyl (C=O) groups is 2. The Labute approximate surface area is 148 Å². The normalized spacial score (nSPS) is 16.8. The van der Waals surface area contributed by atoms with E-state index in [0.717, 1.165) is 0 Å². The maximum Gasteiger partial charge on any atom is 0.261 e. The molecule has 25 heavy (non-hydrogen) atoms. The standard InChI is InChI=1S/C19H14ClN3O2/c20-16-7-12(11-5-6-11)8-22-9-13(21-17(16)22)10-23-18(24)14-3-1-2-4-15(14)19(23)25/h1-4,7-9,11H,5-6,10H2. The Morgan fingerprint density at radius 2 is 1.76 bits per heavy atom. The maximum absolute atomic E-state index is 12.5. The summed E-state index contributed by atoms with van der Waals surface area (Å²) in [6.45, 7) is 0.142. The van der Waals surface area contributed by atoms with E-state index in [0.29, 0.717) is 33.4 Å². The van der Waals surface area contributed by atoms with Gasteiger partial charge in [0.15, 0.2) is 5.65 Å². The fraction of sp³-hybridized carbons (Fsp3) is 0.211. The summed E-state index contributed by atoms with van der Waals surface area (Å²) in [6.07, 6.45) is 6.27. The van der Waals surface area contributed by atoms with Crippen molar-refractivity contribution in [2.45, 2.75) is 25.3 Å². The Morgan fingerprint density at radius 3 is 2.40 bits per heavy atom. The van der Waals surface area contributed by atoms with Gasteiger partial charge >= 0.3 is 0 Å². The van der Waals surface area contributed by atoms with Crippen molar-refractivity contribution >= 4 is 29.1 Å². The van der Waals surface area contributed by atoms with Gasteiger partial charge in [0.2, 0.25) is 0 Å². The Bertz CT molecular complexity index is 1020. The first-order chi connectivity index (χ1) is 12.1. The molecule has 1 aliphatic carbocycles. The summed E-state index contributed by atoms with van der Waals surface area (Å²) in [7, 11) is 0. The number of benzene rings is 1. The van der Waals surface area contributed by atoms with E-state index in [1.54, 1.807) is 24.3 Å². The van der Waals surface area contributed by atoms with Gasteiger partial charge in [-0.3, -0.25) is 14.5 Å². The second-order valence-corrected chi connectivity index (χ2v) is 7.01. The van der Waals surface area contributed by atoms with Crippen LogP contribution in [-0.2, 0) is 6.54 Å². The minimum Gasteiger partial charge on any atom is -0.305 e. The predicted octanol–water partition coefficient (Wildman–Crippen LogP) is 3.66. The number of rotatable bonds is 3. The Kier molecular flexibility index (Phi) is 3.03. The van der Waals surface area contributed by atoms with Crippen molar-refractivity contribution in [2.24, 2.45) is 0 Å². The summed E-state index contributed by atoms with van der Waals surface area (Å²) in [5.74, 6) is 0.0360. The number of pyridine rings is 1. The van der Waals surface area contributed by atoms with Crippen LogP contribution in [0.3, 0.4) is 0 Å². The molecule has 1 saturated carbocycles. The van der Waals surface area contributed by atoms with Crippen LogP contribution in [0.15, 0.2) is 42.7 Å². The van der Waals surface area contributed by atoms with Crippen molar-refractivity contribution < 1.29 is 9.59 Å². The molecule has 5 nitrogen and oxygen atoms in total.